The second-order valence-corrected chi connectivity index (χ2v) is 7.10. The Morgan fingerprint density at radius 2 is 1.64 bits per heavy atom. The van der Waals surface area contributed by atoms with Crippen LogP contribution in [-0.4, -0.2) is 35.5 Å². The lowest BCUT2D eigenvalue weighted by molar-refractivity contribution is 0.131. The van der Waals surface area contributed by atoms with Crippen LogP contribution in [0.5, 0.6) is 0 Å². The van der Waals surface area contributed by atoms with Crippen LogP contribution in [0.15, 0.2) is 0 Å². The largest absolute Gasteiger partial charge is 0.302 e. The monoisotopic (exact) mass is 213 g/mol. The van der Waals surface area contributed by atoms with E-state index in [-0.39, 0.29) is 0 Å². The average Bonchev–Trinajstić information content (AvgIpc) is 2.90. The summed E-state index contributed by atoms with van der Waals surface area (Å²) in [6.45, 7) is 8.83. The molecule has 1 nitrogen and oxygen atoms in total. The molecule has 0 radical (unpaired) electrons. The van der Waals surface area contributed by atoms with Gasteiger partial charge in [-0.1, -0.05) is 13.8 Å². The van der Waals surface area contributed by atoms with Crippen LogP contribution in [0.2, 0.25) is 0 Å². The van der Waals surface area contributed by atoms with Gasteiger partial charge in [0.1, 0.15) is 0 Å². The van der Waals surface area contributed by atoms with Crippen LogP contribution in [0.3, 0.4) is 0 Å². The van der Waals surface area contributed by atoms with Crippen LogP contribution in [-0.2, 0) is 0 Å². The summed E-state index contributed by atoms with van der Waals surface area (Å²) in [6.07, 6.45) is 7.96. The zero-order chi connectivity index (χ0) is 10.2. The van der Waals surface area contributed by atoms with E-state index < -0.39 is 0 Å². The van der Waals surface area contributed by atoms with E-state index in [0.717, 1.165) is 0 Å². The molecule has 0 amide bonds. The quantitative estimate of drug-likeness (QED) is 0.709. The van der Waals surface area contributed by atoms with Crippen LogP contribution in [0.25, 0.3) is 0 Å². The first-order valence-corrected chi connectivity index (χ1v) is 7.05. The Morgan fingerprint density at radius 1 is 1.07 bits per heavy atom. The number of hydrogen-bond donors (Lipinski definition) is 0. The lowest BCUT2D eigenvalue weighted by Crippen LogP contribution is -2.41. The fraction of sp³-hybridized carbons (Fsp3) is 1.00. The summed E-state index contributed by atoms with van der Waals surface area (Å²) in [6, 6.07) is 0. The Kier molecular flexibility index (Phi) is 2.87. The number of hydrogen-bond acceptors (Lipinski definition) is 2. The normalized spacial score (nSPS) is 30.2. The maximum absolute atomic E-state index is 2.69. The highest BCUT2D eigenvalue weighted by molar-refractivity contribution is 8.00. The molecule has 0 spiro atoms. The zero-order valence-electron chi connectivity index (χ0n) is 9.81. The van der Waals surface area contributed by atoms with Crippen molar-refractivity contribution in [3.8, 4) is 0 Å². The number of piperidine rings is 1. The number of nitrogens with zero attached hydrogens (tertiary/aromatic N) is 1. The van der Waals surface area contributed by atoms with Crippen molar-refractivity contribution < 1.29 is 0 Å². The molecule has 2 heteroatoms. The molecular weight excluding hydrogens is 190 g/mol. The van der Waals surface area contributed by atoms with E-state index in [9.17, 15) is 0 Å². The molecule has 1 aliphatic heterocycles. The number of thioether (sulfide) groups is 1. The summed E-state index contributed by atoms with van der Waals surface area (Å²) in [5.74, 6) is 0. The highest BCUT2D eigenvalue weighted by atomic mass is 32.2. The van der Waals surface area contributed by atoms with Crippen LogP contribution >= 0.6 is 11.8 Å². The molecule has 0 aromatic rings. The van der Waals surface area contributed by atoms with Crippen molar-refractivity contribution in [3.05, 3.63) is 0 Å². The second kappa shape index (κ2) is 3.71. The predicted octanol–water partition coefficient (Wildman–Crippen LogP) is 3.00. The number of rotatable bonds is 3. The van der Waals surface area contributed by atoms with E-state index in [1.807, 2.05) is 0 Å². The van der Waals surface area contributed by atoms with E-state index in [2.05, 4.69) is 36.8 Å². The molecule has 1 heterocycles. The van der Waals surface area contributed by atoms with E-state index in [4.69, 9.17) is 0 Å². The van der Waals surface area contributed by atoms with Crippen molar-refractivity contribution in [2.75, 3.05) is 25.9 Å². The molecule has 0 atom stereocenters. The van der Waals surface area contributed by atoms with Crippen molar-refractivity contribution in [1.29, 1.82) is 0 Å². The van der Waals surface area contributed by atoms with Crippen LogP contribution in [0.4, 0.5) is 0 Å². The van der Waals surface area contributed by atoms with Gasteiger partial charge in [0.15, 0.2) is 0 Å². The molecule has 14 heavy (non-hydrogen) atoms. The Labute approximate surface area is 92.6 Å². The first kappa shape index (κ1) is 10.8. The molecule has 82 valence electrons. The van der Waals surface area contributed by atoms with Gasteiger partial charge >= 0.3 is 0 Å². The molecule has 2 fully saturated rings. The molecule has 1 aliphatic carbocycles. The molecule has 0 unspecified atom stereocenters. The van der Waals surface area contributed by atoms with Gasteiger partial charge in [-0.2, -0.15) is 11.8 Å². The zero-order valence-corrected chi connectivity index (χ0v) is 10.6. The molecule has 0 aromatic carbocycles. The second-order valence-electron chi connectivity index (χ2n) is 5.83. The molecule has 0 bridgehead atoms. The van der Waals surface area contributed by atoms with Gasteiger partial charge in [0.2, 0.25) is 0 Å². The fourth-order valence-corrected chi connectivity index (χ4v) is 3.11. The third-order valence-electron chi connectivity index (χ3n) is 3.96. The van der Waals surface area contributed by atoms with Crippen molar-refractivity contribution in [2.24, 2.45) is 5.41 Å². The van der Waals surface area contributed by atoms with Gasteiger partial charge < -0.3 is 4.90 Å². The molecule has 1 saturated carbocycles. The maximum Gasteiger partial charge on any atom is 0.0285 e. The summed E-state index contributed by atoms with van der Waals surface area (Å²) < 4.78 is 0.668. The van der Waals surface area contributed by atoms with Crippen LogP contribution < -0.4 is 0 Å². The van der Waals surface area contributed by atoms with E-state index >= 15 is 0 Å². The third-order valence-corrected chi connectivity index (χ3v) is 5.37. The molecule has 2 aliphatic rings. The highest BCUT2D eigenvalue weighted by Crippen LogP contribution is 2.48. The average molecular weight is 213 g/mol. The first-order chi connectivity index (χ1) is 6.55. The SMILES string of the molecule is CSC1(CN2CCC(C)(C)CC2)CC1. The van der Waals surface area contributed by atoms with Crippen LogP contribution in [0.1, 0.15) is 39.5 Å². The maximum atomic E-state index is 2.69. The Balaban J connectivity index is 1.79. The van der Waals surface area contributed by atoms with Crippen molar-refractivity contribution in [2.45, 2.75) is 44.3 Å². The number of likely N-dealkylation sites (tertiary alicyclic amines) is 1. The lowest BCUT2D eigenvalue weighted by Gasteiger charge is -2.38. The minimum Gasteiger partial charge on any atom is -0.302 e. The Hall–Kier alpha value is 0.310. The van der Waals surface area contributed by atoms with E-state index in [1.54, 1.807) is 0 Å². The van der Waals surface area contributed by atoms with Crippen molar-refractivity contribution >= 4 is 11.8 Å². The van der Waals surface area contributed by atoms with E-state index in [0.29, 0.717) is 10.2 Å². The fourth-order valence-electron chi connectivity index (χ4n) is 2.29. The summed E-state index contributed by atoms with van der Waals surface area (Å²) in [4.78, 5) is 2.69. The van der Waals surface area contributed by atoms with Gasteiger partial charge in [0.05, 0.1) is 0 Å². The predicted molar refractivity (Wildman–Crippen MR) is 64.9 cm³/mol. The van der Waals surface area contributed by atoms with Crippen molar-refractivity contribution in [3.63, 3.8) is 0 Å². The first-order valence-electron chi connectivity index (χ1n) is 5.83. The van der Waals surface area contributed by atoms with E-state index in [1.165, 1.54) is 45.3 Å². The molecule has 0 N–H and O–H groups in total. The van der Waals surface area contributed by atoms with Gasteiger partial charge in [-0.25, -0.2) is 0 Å². The van der Waals surface area contributed by atoms with Gasteiger partial charge in [-0.05, 0) is 50.4 Å². The standard InChI is InChI=1S/C12H23NS/c1-11(2)6-8-13(9-7-11)10-12(14-3)4-5-12/h4-10H2,1-3H3. The van der Waals surface area contributed by atoms with Gasteiger partial charge in [-0.3, -0.25) is 0 Å². The van der Waals surface area contributed by atoms with Gasteiger partial charge in [0.25, 0.3) is 0 Å². The minimum atomic E-state index is 0.604. The smallest absolute Gasteiger partial charge is 0.0285 e. The minimum absolute atomic E-state index is 0.604. The Morgan fingerprint density at radius 3 is 2.07 bits per heavy atom. The molecule has 0 aromatic heterocycles. The summed E-state index contributed by atoms with van der Waals surface area (Å²) in [7, 11) is 0. The van der Waals surface area contributed by atoms with Crippen LogP contribution in [0, 0.1) is 5.41 Å². The molecular formula is C12H23NS. The molecule has 2 rings (SSSR count). The van der Waals surface area contributed by atoms with Gasteiger partial charge in [-0.15, -0.1) is 0 Å². The summed E-state index contributed by atoms with van der Waals surface area (Å²) in [5.41, 5.74) is 0.604. The topological polar surface area (TPSA) is 3.24 Å². The van der Waals surface area contributed by atoms with Crippen molar-refractivity contribution in [1.82, 2.24) is 4.90 Å². The van der Waals surface area contributed by atoms with Gasteiger partial charge in [0, 0.05) is 11.3 Å². The Bertz CT molecular complexity index is 198. The lowest BCUT2D eigenvalue weighted by atomic mass is 9.82. The summed E-state index contributed by atoms with van der Waals surface area (Å²) in [5, 5.41) is 0. The third kappa shape index (κ3) is 2.46. The molecule has 1 saturated heterocycles. The highest BCUT2D eigenvalue weighted by Gasteiger charge is 2.43. The summed E-state index contributed by atoms with van der Waals surface area (Å²) >= 11 is 2.09.